The summed E-state index contributed by atoms with van der Waals surface area (Å²) in [6.45, 7) is 7.21. The predicted molar refractivity (Wildman–Crippen MR) is 93.7 cm³/mol. The van der Waals surface area contributed by atoms with Gasteiger partial charge in [0.1, 0.15) is 0 Å². The van der Waals surface area contributed by atoms with Crippen molar-refractivity contribution >= 4 is 22.8 Å². The first-order valence-electron chi connectivity index (χ1n) is 8.23. The fraction of sp³-hybridized carbons (Fsp3) is 0.353. The Kier molecular flexibility index (Phi) is 4.71. The van der Waals surface area contributed by atoms with Gasteiger partial charge in [-0.15, -0.1) is 15.3 Å². The van der Waals surface area contributed by atoms with Crippen LogP contribution >= 0.6 is 0 Å². The molecule has 6 nitrogen and oxygen atoms in total. The molecule has 1 N–H and O–H groups in total. The Morgan fingerprint density at radius 2 is 1.77 bits per heavy atom. The third kappa shape index (κ3) is 3.56. The maximum atomic E-state index is 12.9. The van der Waals surface area contributed by atoms with E-state index in [4.69, 9.17) is 0 Å². The van der Waals surface area contributed by atoms with Crippen LogP contribution in [0.5, 0.6) is 0 Å². The molecule has 0 saturated carbocycles. The maximum Gasteiger partial charge on any atom is 0.453 e. The molecule has 2 aromatic heterocycles. The molecule has 0 atom stereocenters. The van der Waals surface area contributed by atoms with Gasteiger partial charge in [-0.25, -0.2) is 0 Å². The van der Waals surface area contributed by atoms with Crippen LogP contribution in [0, 0.1) is 0 Å². The average molecular weight is 364 g/mol. The summed E-state index contributed by atoms with van der Waals surface area (Å²) in [6.07, 6.45) is -4.62. The van der Waals surface area contributed by atoms with E-state index < -0.39 is 12.0 Å². The second-order valence-electron chi connectivity index (χ2n) is 6.06. The lowest BCUT2D eigenvalue weighted by atomic mass is 10.2. The van der Waals surface area contributed by atoms with Gasteiger partial charge in [-0.1, -0.05) is 0 Å². The molecule has 0 aliphatic carbocycles. The molecule has 0 fully saturated rings. The van der Waals surface area contributed by atoms with Crippen LogP contribution in [0.1, 0.15) is 26.6 Å². The minimum atomic E-state index is -4.62. The lowest BCUT2D eigenvalue weighted by molar-refractivity contribution is -0.146. The quantitative estimate of drug-likeness (QED) is 0.738. The van der Waals surface area contributed by atoms with Crippen molar-refractivity contribution < 1.29 is 13.2 Å². The summed E-state index contributed by atoms with van der Waals surface area (Å²) >= 11 is 0. The molecule has 3 rings (SSSR count). The highest BCUT2D eigenvalue weighted by atomic mass is 19.4. The third-order valence-electron chi connectivity index (χ3n) is 3.95. The summed E-state index contributed by atoms with van der Waals surface area (Å²) in [4.78, 5) is 2.24. The van der Waals surface area contributed by atoms with Crippen molar-refractivity contribution in [3.05, 3.63) is 42.2 Å². The summed E-state index contributed by atoms with van der Waals surface area (Å²) in [7, 11) is 0. The van der Waals surface area contributed by atoms with E-state index in [1.165, 1.54) is 6.07 Å². The van der Waals surface area contributed by atoms with Crippen molar-refractivity contribution in [2.45, 2.75) is 33.0 Å². The van der Waals surface area contributed by atoms with Crippen molar-refractivity contribution in [1.82, 2.24) is 19.8 Å². The molecule has 9 heteroatoms. The summed E-state index contributed by atoms with van der Waals surface area (Å²) in [6, 6.07) is 11.0. The Morgan fingerprint density at radius 3 is 2.35 bits per heavy atom. The summed E-state index contributed by atoms with van der Waals surface area (Å²) < 4.78 is 39.5. The molecule has 0 saturated heterocycles. The van der Waals surface area contributed by atoms with Crippen molar-refractivity contribution in [1.29, 1.82) is 0 Å². The van der Waals surface area contributed by atoms with Crippen molar-refractivity contribution in [2.24, 2.45) is 0 Å². The van der Waals surface area contributed by atoms with Gasteiger partial charge < -0.3 is 10.2 Å². The van der Waals surface area contributed by atoms with Gasteiger partial charge in [0.2, 0.25) is 0 Å². The molecule has 0 aliphatic heterocycles. The second kappa shape index (κ2) is 6.81. The number of nitrogens with zero attached hydrogens (tertiary/aromatic N) is 5. The monoisotopic (exact) mass is 364 g/mol. The fourth-order valence-electron chi connectivity index (χ4n) is 2.76. The fourth-order valence-corrected chi connectivity index (χ4v) is 2.76. The van der Waals surface area contributed by atoms with Gasteiger partial charge in [-0.3, -0.25) is 0 Å². The zero-order valence-corrected chi connectivity index (χ0v) is 14.6. The summed E-state index contributed by atoms with van der Waals surface area (Å²) in [5.74, 6) is -0.881. The molecule has 2 heterocycles. The Bertz CT molecular complexity index is 886. The van der Waals surface area contributed by atoms with Gasteiger partial charge >= 0.3 is 6.18 Å². The largest absolute Gasteiger partial charge is 0.453 e. The number of halogens is 3. The minimum absolute atomic E-state index is 0.0359. The van der Waals surface area contributed by atoms with E-state index in [9.17, 15) is 13.2 Å². The van der Waals surface area contributed by atoms with Crippen LogP contribution in [0.4, 0.5) is 30.4 Å². The summed E-state index contributed by atoms with van der Waals surface area (Å²) in [5.41, 5.74) is 1.84. The van der Waals surface area contributed by atoms with E-state index in [2.05, 4.69) is 46.3 Å². The molecule has 138 valence electrons. The number of hydrogen-bond acceptors (Lipinski definition) is 5. The Balaban J connectivity index is 1.85. The lowest BCUT2D eigenvalue weighted by Crippen LogP contribution is -2.30. The van der Waals surface area contributed by atoms with E-state index >= 15 is 0 Å². The molecule has 0 bridgehead atoms. The number of anilines is 3. The van der Waals surface area contributed by atoms with Gasteiger partial charge in [0.25, 0.3) is 5.82 Å². The third-order valence-corrected chi connectivity index (χ3v) is 3.95. The van der Waals surface area contributed by atoms with E-state index in [0.717, 1.165) is 17.9 Å². The molecule has 0 unspecified atom stereocenters. The van der Waals surface area contributed by atoms with E-state index in [0.29, 0.717) is 10.6 Å². The Hall–Kier alpha value is -2.84. The van der Waals surface area contributed by atoms with Crippen molar-refractivity contribution in [3.8, 4) is 0 Å². The number of rotatable bonds is 5. The number of aromatic nitrogens is 4. The Labute approximate surface area is 148 Å². The minimum Gasteiger partial charge on any atom is -0.369 e. The number of fused-ring (bicyclic) bond motifs is 1. The van der Waals surface area contributed by atoms with Crippen LogP contribution in [0.25, 0.3) is 5.65 Å². The number of hydrogen-bond donors (Lipinski definition) is 1. The SMILES string of the molecule is CCN(c1ccc(Nc2ccc3nnc(C(F)(F)F)n3n2)cc1)C(C)C. The molecule has 0 spiro atoms. The van der Waals surface area contributed by atoms with Crippen LogP contribution in [0.3, 0.4) is 0 Å². The van der Waals surface area contributed by atoms with Gasteiger partial charge in [0.15, 0.2) is 11.5 Å². The highest BCUT2D eigenvalue weighted by Crippen LogP contribution is 2.28. The molecule has 0 amide bonds. The second-order valence-corrected chi connectivity index (χ2v) is 6.06. The molecular formula is C17H19F3N6. The zero-order chi connectivity index (χ0) is 18.9. The maximum absolute atomic E-state index is 12.9. The topological polar surface area (TPSA) is 58.3 Å². The number of benzene rings is 1. The Morgan fingerprint density at radius 1 is 1.08 bits per heavy atom. The lowest BCUT2D eigenvalue weighted by Gasteiger charge is -2.27. The van der Waals surface area contributed by atoms with E-state index in [-0.39, 0.29) is 11.5 Å². The van der Waals surface area contributed by atoms with Crippen molar-refractivity contribution in [3.63, 3.8) is 0 Å². The van der Waals surface area contributed by atoms with Gasteiger partial charge in [0.05, 0.1) is 0 Å². The van der Waals surface area contributed by atoms with E-state index in [1.54, 1.807) is 6.07 Å². The van der Waals surface area contributed by atoms with Crippen LogP contribution in [0.2, 0.25) is 0 Å². The summed E-state index contributed by atoms with van der Waals surface area (Å²) in [5, 5.41) is 13.6. The van der Waals surface area contributed by atoms with Gasteiger partial charge in [0, 0.05) is 24.0 Å². The molecule has 1 aromatic carbocycles. The number of nitrogens with one attached hydrogen (secondary N) is 1. The molecule has 3 aromatic rings. The average Bonchev–Trinajstić information content (AvgIpc) is 3.00. The van der Waals surface area contributed by atoms with Crippen LogP contribution < -0.4 is 10.2 Å². The highest BCUT2D eigenvalue weighted by Gasteiger charge is 2.37. The van der Waals surface area contributed by atoms with Crippen LogP contribution in [-0.4, -0.2) is 32.4 Å². The first kappa shape index (κ1) is 18.0. The molecule has 0 aliphatic rings. The van der Waals surface area contributed by atoms with E-state index in [1.807, 2.05) is 24.3 Å². The van der Waals surface area contributed by atoms with Crippen LogP contribution in [-0.2, 0) is 6.18 Å². The standard InChI is InChI=1S/C17H19F3N6/c1-4-25(11(2)3)13-7-5-12(6-8-13)21-14-9-10-15-22-23-16(17(18,19)20)26(15)24-14/h5-11H,4H2,1-3H3,(H,21,24). The van der Waals surface area contributed by atoms with Crippen LogP contribution in [0.15, 0.2) is 36.4 Å². The first-order valence-corrected chi connectivity index (χ1v) is 8.23. The predicted octanol–water partition coefficient (Wildman–Crippen LogP) is 4.12. The molecular weight excluding hydrogens is 345 g/mol. The first-order chi connectivity index (χ1) is 12.3. The normalized spacial score (nSPS) is 12.0. The van der Waals surface area contributed by atoms with Gasteiger partial charge in [-0.05, 0) is 57.2 Å². The van der Waals surface area contributed by atoms with Gasteiger partial charge in [-0.2, -0.15) is 17.7 Å². The van der Waals surface area contributed by atoms with Crippen molar-refractivity contribution in [2.75, 3.05) is 16.8 Å². The number of alkyl halides is 3. The zero-order valence-electron chi connectivity index (χ0n) is 14.6. The highest BCUT2D eigenvalue weighted by molar-refractivity contribution is 5.61. The molecule has 26 heavy (non-hydrogen) atoms. The molecule has 0 radical (unpaired) electrons. The smallest absolute Gasteiger partial charge is 0.369 e.